The summed E-state index contributed by atoms with van der Waals surface area (Å²) in [4.78, 5) is 12.7. The van der Waals surface area contributed by atoms with E-state index in [2.05, 4.69) is 31.7 Å². The van der Waals surface area contributed by atoms with Crippen LogP contribution in [0.2, 0.25) is 0 Å². The second kappa shape index (κ2) is 5.12. The lowest BCUT2D eigenvalue weighted by molar-refractivity contribution is -0.384. The maximum absolute atomic E-state index is 11.0. The topological polar surface area (TPSA) is 46.4 Å². The number of likely N-dealkylation sites (N-methyl/N-ethyl adjacent to an activating group) is 1. The van der Waals surface area contributed by atoms with Crippen molar-refractivity contribution < 1.29 is 4.92 Å². The molecule has 2 rings (SSSR count). The third-order valence-electron chi connectivity index (χ3n) is 3.44. The number of nitro benzene ring substituents is 1. The van der Waals surface area contributed by atoms with Crippen LogP contribution in [0, 0.1) is 10.1 Å². The number of hydrogen-bond donors (Lipinski definition) is 0. The highest BCUT2D eigenvalue weighted by Gasteiger charge is 2.22. The molecule has 0 radical (unpaired) electrons. The summed E-state index contributed by atoms with van der Waals surface area (Å²) >= 11 is 0. The van der Waals surface area contributed by atoms with Crippen LogP contribution in [0.4, 0.5) is 5.69 Å². The lowest BCUT2D eigenvalue weighted by atomic mass is 9.81. The Kier molecular flexibility index (Phi) is 3.66. The summed E-state index contributed by atoms with van der Waals surface area (Å²) in [6, 6.07) is 5.14. The van der Waals surface area contributed by atoms with Crippen molar-refractivity contribution in [2.24, 2.45) is 0 Å². The minimum atomic E-state index is -0.338. The van der Waals surface area contributed by atoms with Gasteiger partial charge in [-0.15, -0.1) is 0 Å². The van der Waals surface area contributed by atoms with Crippen LogP contribution in [0.1, 0.15) is 31.9 Å². The van der Waals surface area contributed by atoms with Gasteiger partial charge in [-0.1, -0.05) is 32.9 Å². The van der Waals surface area contributed by atoms with E-state index in [-0.39, 0.29) is 16.0 Å². The van der Waals surface area contributed by atoms with Gasteiger partial charge in [0.1, 0.15) is 0 Å². The van der Waals surface area contributed by atoms with Gasteiger partial charge in [0.2, 0.25) is 0 Å². The molecule has 4 heteroatoms. The molecule has 1 aliphatic rings. The Morgan fingerprint density at radius 3 is 2.50 bits per heavy atom. The van der Waals surface area contributed by atoms with Gasteiger partial charge in [0.15, 0.2) is 0 Å². The molecule has 0 spiro atoms. The number of benzene rings is 1. The molecule has 0 aliphatic carbocycles. The van der Waals surface area contributed by atoms with Gasteiger partial charge in [-0.25, -0.2) is 0 Å². The molecule has 4 nitrogen and oxygen atoms in total. The summed E-state index contributed by atoms with van der Waals surface area (Å²) in [6.45, 7) is 7.18. The molecule has 1 aliphatic heterocycles. The summed E-state index contributed by atoms with van der Waals surface area (Å²) in [6.07, 6.45) is 6.12. The number of hydrogen-bond acceptors (Lipinski definition) is 3. The van der Waals surface area contributed by atoms with Crippen LogP contribution in [0.25, 0.3) is 5.57 Å². The van der Waals surface area contributed by atoms with E-state index in [1.165, 1.54) is 0 Å². The number of rotatable bonds is 2. The lowest BCUT2D eigenvalue weighted by Crippen LogP contribution is -2.17. The Hall–Kier alpha value is -2.10. The molecule has 0 aromatic heterocycles. The van der Waals surface area contributed by atoms with E-state index in [4.69, 9.17) is 0 Å². The standard InChI is InChI=1S/C16H20N2O2/c1-16(2,3)15-6-5-13(18(19)20)11-14(15)12-7-9-17(4)10-8-12/h5-9,11H,10H2,1-4H3. The second-order valence-electron chi connectivity index (χ2n) is 6.15. The van der Waals surface area contributed by atoms with Crippen molar-refractivity contribution in [3.63, 3.8) is 0 Å². The maximum atomic E-state index is 11.0. The van der Waals surface area contributed by atoms with Gasteiger partial charge in [-0.3, -0.25) is 10.1 Å². The van der Waals surface area contributed by atoms with E-state index in [9.17, 15) is 10.1 Å². The summed E-state index contributed by atoms with van der Waals surface area (Å²) in [7, 11) is 2.00. The summed E-state index contributed by atoms with van der Waals surface area (Å²) < 4.78 is 0. The first-order valence-electron chi connectivity index (χ1n) is 6.67. The van der Waals surface area contributed by atoms with Crippen molar-refractivity contribution in [3.8, 4) is 0 Å². The molecular formula is C16H20N2O2. The van der Waals surface area contributed by atoms with Crippen molar-refractivity contribution in [3.05, 3.63) is 57.8 Å². The minimum absolute atomic E-state index is 0.0531. The van der Waals surface area contributed by atoms with Crippen LogP contribution < -0.4 is 0 Å². The molecule has 0 atom stereocenters. The highest BCUT2D eigenvalue weighted by atomic mass is 16.6. The quantitative estimate of drug-likeness (QED) is 0.608. The predicted molar refractivity (Wildman–Crippen MR) is 81.5 cm³/mol. The zero-order valence-electron chi connectivity index (χ0n) is 12.4. The van der Waals surface area contributed by atoms with Gasteiger partial charge >= 0.3 is 0 Å². The smallest absolute Gasteiger partial charge is 0.270 e. The minimum Gasteiger partial charge on any atom is -0.377 e. The van der Waals surface area contributed by atoms with Crippen LogP contribution >= 0.6 is 0 Å². The zero-order chi connectivity index (χ0) is 14.9. The molecule has 0 unspecified atom stereocenters. The molecule has 0 amide bonds. The Labute approximate surface area is 119 Å². The monoisotopic (exact) mass is 272 g/mol. The molecule has 0 fully saturated rings. The molecular weight excluding hydrogens is 252 g/mol. The highest BCUT2D eigenvalue weighted by molar-refractivity contribution is 5.78. The van der Waals surface area contributed by atoms with E-state index in [1.54, 1.807) is 12.1 Å². The first kappa shape index (κ1) is 14.3. The van der Waals surface area contributed by atoms with Gasteiger partial charge in [-0.05, 0) is 34.4 Å². The van der Waals surface area contributed by atoms with Crippen molar-refractivity contribution in [2.45, 2.75) is 26.2 Å². The molecule has 0 bridgehead atoms. The fraction of sp³-hybridized carbons (Fsp3) is 0.375. The van der Waals surface area contributed by atoms with Crippen molar-refractivity contribution in [2.75, 3.05) is 13.6 Å². The zero-order valence-corrected chi connectivity index (χ0v) is 12.4. The van der Waals surface area contributed by atoms with Crippen molar-refractivity contribution in [1.29, 1.82) is 0 Å². The molecule has 1 aromatic carbocycles. The van der Waals surface area contributed by atoms with Crippen LogP contribution in [0.5, 0.6) is 0 Å². The Morgan fingerprint density at radius 1 is 1.30 bits per heavy atom. The van der Waals surface area contributed by atoms with Crippen LogP contribution in [0.3, 0.4) is 0 Å². The molecule has 1 aromatic rings. The Balaban J connectivity index is 2.56. The first-order chi connectivity index (χ1) is 9.29. The summed E-state index contributed by atoms with van der Waals surface area (Å²) in [5, 5.41) is 11.0. The largest absolute Gasteiger partial charge is 0.377 e. The fourth-order valence-electron chi connectivity index (χ4n) is 2.32. The van der Waals surface area contributed by atoms with E-state index in [0.717, 1.165) is 23.2 Å². The van der Waals surface area contributed by atoms with Gasteiger partial charge in [0.25, 0.3) is 5.69 Å². The van der Waals surface area contributed by atoms with E-state index < -0.39 is 0 Å². The molecule has 0 saturated heterocycles. The van der Waals surface area contributed by atoms with Crippen LogP contribution in [-0.2, 0) is 5.41 Å². The maximum Gasteiger partial charge on any atom is 0.270 e. The number of allylic oxidation sites excluding steroid dienone is 2. The SMILES string of the molecule is CN1C=CC(c2cc([N+](=O)[O-])ccc2C(C)(C)C)=CC1. The fourth-order valence-corrected chi connectivity index (χ4v) is 2.32. The van der Waals surface area contributed by atoms with Gasteiger partial charge < -0.3 is 4.90 Å². The predicted octanol–water partition coefficient (Wildman–Crippen LogP) is 3.73. The van der Waals surface area contributed by atoms with Crippen molar-refractivity contribution in [1.82, 2.24) is 4.90 Å². The summed E-state index contributed by atoms with van der Waals surface area (Å²) in [5.74, 6) is 0. The third kappa shape index (κ3) is 2.90. The molecule has 20 heavy (non-hydrogen) atoms. The normalized spacial score (nSPS) is 15.2. The Morgan fingerprint density at radius 2 is 2.00 bits per heavy atom. The van der Waals surface area contributed by atoms with Gasteiger partial charge in [-0.2, -0.15) is 0 Å². The Bertz CT molecular complexity index is 595. The van der Waals surface area contributed by atoms with Crippen molar-refractivity contribution >= 4 is 11.3 Å². The van der Waals surface area contributed by atoms with E-state index in [1.807, 2.05) is 25.4 Å². The number of nitro groups is 1. The summed E-state index contributed by atoms with van der Waals surface area (Å²) in [5.41, 5.74) is 3.22. The van der Waals surface area contributed by atoms with E-state index >= 15 is 0 Å². The average Bonchev–Trinajstić information content (AvgIpc) is 2.37. The average molecular weight is 272 g/mol. The highest BCUT2D eigenvalue weighted by Crippen LogP contribution is 2.34. The van der Waals surface area contributed by atoms with E-state index in [0.29, 0.717) is 0 Å². The lowest BCUT2D eigenvalue weighted by Gasteiger charge is -2.25. The number of nitrogens with zero attached hydrogens (tertiary/aromatic N) is 2. The molecule has 106 valence electrons. The molecule has 0 N–H and O–H groups in total. The molecule has 1 heterocycles. The third-order valence-corrected chi connectivity index (χ3v) is 3.44. The van der Waals surface area contributed by atoms with Crippen LogP contribution in [0.15, 0.2) is 36.6 Å². The molecule has 0 saturated carbocycles. The number of non-ortho nitro benzene ring substituents is 1. The first-order valence-corrected chi connectivity index (χ1v) is 6.67. The van der Waals surface area contributed by atoms with Gasteiger partial charge in [0, 0.05) is 25.7 Å². The van der Waals surface area contributed by atoms with Gasteiger partial charge in [0.05, 0.1) is 4.92 Å². The second-order valence-corrected chi connectivity index (χ2v) is 6.15. The van der Waals surface area contributed by atoms with Crippen LogP contribution in [-0.4, -0.2) is 23.4 Å².